The van der Waals surface area contributed by atoms with E-state index in [0.717, 1.165) is 18.7 Å². The molecule has 0 radical (unpaired) electrons. The predicted octanol–water partition coefficient (Wildman–Crippen LogP) is 2.85. The van der Waals surface area contributed by atoms with E-state index in [0.29, 0.717) is 6.42 Å². The highest BCUT2D eigenvalue weighted by Crippen LogP contribution is 2.40. The van der Waals surface area contributed by atoms with Crippen LogP contribution in [0, 0.1) is 12.8 Å². The number of nitrogens with one attached hydrogen (secondary N) is 1. The van der Waals surface area contributed by atoms with Crippen LogP contribution < -0.4 is 5.32 Å². The maximum absolute atomic E-state index is 14.7. The number of rotatable bonds is 1. The lowest BCUT2D eigenvalue weighted by Gasteiger charge is -2.35. The molecule has 1 nitrogen and oxygen atoms in total. The van der Waals surface area contributed by atoms with Gasteiger partial charge in [0, 0.05) is 22.9 Å². The summed E-state index contributed by atoms with van der Waals surface area (Å²) in [6.45, 7) is 5.59. The van der Waals surface area contributed by atoms with Gasteiger partial charge in [-0.25, -0.2) is 4.39 Å². The van der Waals surface area contributed by atoms with E-state index in [-0.39, 0.29) is 5.92 Å². The summed E-state index contributed by atoms with van der Waals surface area (Å²) >= 11 is 1.64. The Kier molecular flexibility index (Phi) is 2.62. The number of hydrogen-bond acceptors (Lipinski definition) is 2. The quantitative estimate of drug-likeness (QED) is 0.756. The molecule has 1 aromatic rings. The molecule has 3 heteroatoms. The van der Waals surface area contributed by atoms with Gasteiger partial charge >= 0.3 is 0 Å². The molecule has 1 saturated heterocycles. The molecule has 2 atom stereocenters. The zero-order valence-electron chi connectivity index (χ0n) is 8.64. The Balaban J connectivity index is 2.29. The van der Waals surface area contributed by atoms with Crippen LogP contribution in [0.25, 0.3) is 0 Å². The van der Waals surface area contributed by atoms with Crippen LogP contribution in [0.4, 0.5) is 4.39 Å². The molecule has 0 spiro atoms. The smallest absolute Gasteiger partial charge is 0.141 e. The first-order chi connectivity index (χ1) is 6.63. The van der Waals surface area contributed by atoms with E-state index in [4.69, 9.17) is 0 Å². The van der Waals surface area contributed by atoms with Crippen LogP contribution in [0.5, 0.6) is 0 Å². The molecule has 1 aliphatic heterocycles. The van der Waals surface area contributed by atoms with Crippen molar-refractivity contribution in [1.82, 2.24) is 5.32 Å². The fourth-order valence-electron chi connectivity index (χ4n) is 2.09. The summed E-state index contributed by atoms with van der Waals surface area (Å²) in [5.74, 6) is 0.0743. The van der Waals surface area contributed by atoms with Gasteiger partial charge in [-0.05, 0) is 31.3 Å². The van der Waals surface area contributed by atoms with Crippen molar-refractivity contribution in [2.45, 2.75) is 25.9 Å². The second-order valence-corrected chi connectivity index (χ2v) is 5.28. The Morgan fingerprint density at radius 3 is 3.00 bits per heavy atom. The van der Waals surface area contributed by atoms with E-state index in [1.807, 2.05) is 25.3 Å². The van der Waals surface area contributed by atoms with Crippen molar-refractivity contribution < 1.29 is 4.39 Å². The van der Waals surface area contributed by atoms with Gasteiger partial charge in [0.1, 0.15) is 5.67 Å². The molecule has 2 heterocycles. The lowest BCUT2D eigenvalue weighted by molar-refractivity contribution is 0.0554. The van der Waals surface area contributed by atoms with E-state index >= 15 is 0 Å². The number of alkyl halides is 1. The molecule has 78 valence electrons. The third kappa shape index (κ3) is 1.59. The Morgan fingerprint density at radius 1 is 1.64 bits per heavy atom. The van der Waals surface area contributed by atoms with Gasteiger partial charge in [-0.2, -0.15) is 0 Å². The normalized spacial score (nSPS) is 33.2. The van der Waals surface area contributed by atoms with Gasteiger partial charge in [0.25, 0.3) is 0 Å². The van der Waals surface area contributed by atoms with Crippen LogP contribution >= 0.6 is 11.3 Å². The summed E-state index contributed by atoms with van der Waals surface area (Å²) in [6.07, 6.45) is 0.602. The van der Waals surface area contributed by atoms with Gasteiger partial charge in [-0.15, -0.1) is 11.3 Å². The number of piperidine rings is 1. The molecule has 2 rings (SSSR count). The molecule has 0 bridgehead atoms. The van der Waals surface area contributed by atoms with Gasteiger partial charge in [-0.1, -0.05) is 6.92 Å². The molecule has 0 aliphatic carbocycles. The molecule has 0 amide bonds. The van der Waals surface area contributed by atoms with Gasteiger partial charge in [-0.3, -0.25) is 0 Å². The van der Waals surface area contributed by atoms with Gasteiger partial charge < -0.3 is 5.32 Å². The highest BCUT2D eigenvalue weighted by molar-refractivity contribution is 7.10. The van der Waals surface area contributed by atoms with Crippen molar-refractivity contribution in [1.29, 1.82) is 0 Å². The van der Waals surface area contributed by atoms with Crippen molar-refractivity contribution in [3.05, 3.63) is 21.9 Å². The molecular weight excluding hydrogens is 197 g/mol. The van der Waals surface area contributed by atoms with Gasteiger partial charge in [0.2, 0.25) is 0 Å². The maximum Gasteiger partial charge on any atom is 0.141 e. The lowest BCUT2D eigenvalue weighted by atomic mass is 9.80. The lowest BCUT2D eigenvalue weighted by Crippen LogP contribution is -2.43. The van der Waals surface area contributed by atoms with Crippen molar-refractivity contribution >= 4 is 11.3 Å². The fraction of sp³-hybridized carbons (Fsp3) is 0.636. The average molecular weight is 213 g/mol. The first-order valence-corrected chi connectivity index (χ1v) is 5.96. The summed E-state index contributed by atoms with van der Waals surface area (Å²) in [5.41, 5.74) is -0.218. The summed E-state index contributed by atoms with van der Waals surface area (Å²) in [4.78, 5) is 1.20. The fourth-order valence-corrected chi connectivity index (χ4v) is 2.86. The monoisotopic (exact) mass is 213 g/mol. The van der Waals surface area contributed by atoms with Crippen LogP contribution in [-0.4, -0.2) is 13.1 Å². The summed E-state index contributed by atoms with van der Waals surface area (Å²) in [5, 5.41) is 5.20. The number of thiophene rings is 1. The SMILES string of the molecule is Cc1cc(C2(F)CCNCC2C)cs1. The maximum atomic E-state index is 14.7. The van der Waals surface area contributed by atoms with E-state index in [2.05, 4.69) is 5.32 Å². The van der Waals surface area contributed by atoms with Crippen LogP contribution in [0.3, 0.4) is 0 Å². The standard InChI is InChI=1S/C11H16FNS/c1-8-6-13-4-3-11(8,12)10-5-9(2)14-7-10/h5,7-8,13H,3-4,6H2,1-2H3. The molecule has 1 aliphatic rings. The van der Waals surface area contributed by atoms with Gasteiger partial charge in [0.05, 0.1) is 0 Å². The Bertz CT molecular complexity index is 323. The number of hydrogen-bond donors (Lipinski definition) is 1. The van der Waals surface area contributed by atoms with E-state index in [1.54, 1.807) is 11.3 Å². The van der Waals surface area contributed by atoms with Crippen molar-refractivity contribution in [2.75, 3.05) is 13.1 Å². The minimum Gasteiger partial charge on any atom is -0.316 e. The molecular formula is C11H16FNS. The zero-order chi connectivity index (χ0) is 10.2. The highest BCUT2D eigenvalue weighted by Gasteiger charge is 2.40. The van der Waals surface area contributed by atoms with Gasteiger partial charge in [0.15, 0.2) is 0 Å². The molecule has 0 saturated carbocycles. The minimum absolute atomic E-state index is 0.0743. The Hall–Kier alpha value is -0.410. The molecule has 1 N–H and O–H groups in total. The molecule has 2 unspecified atom stereocenters. The third-order valence-corrected chi connectivity index (χ3v) is 3.97. The van der Waals surface area contributed by atoms with Crippen molar-refractivity contribution in [2.24, 2.45) is 5.92 Å². The van der Waals surface area contributed by atoms with Crippen molar-refractivity contribution in [3.63, 3.8) is 0 Å². The first-order valence-electron chi connectivity index (χ1n) is 5.08. The summed E-state index contributed by atoms with van der Waals surface area (Å²) in [7, 11) is 0. The van der Waals surface area contributed by atoms with E-state index in [1.165, 1.54) is 4.88 Å². The van der Waals surface area contributed by atoms with E-state index in [9.17, 15) is 4.39 Å². The van der Waals surface area contributed by atoms with Crippen LogP contribution in [0.15, 0.2) is 11.4 Å². The Labute approximate surface area is 88.3 Å². The minimum atomic E-state index is -1.10. The third-order valence-electron chi connectivity index (χ3n) is 3.11. The van der Waals surface area contributed by atoms with Crippen LogP contribution in [0.2, 0.25) is 0 Å². The summed E-state index contributed by atoms with van der Waals surface area (Å²) < 4.78 is 14.7. The second kappa shape index (κ2) is 3.63. The number of aryl methyl sites for hydroxylation is 1. The molecule has 1 aromatic heterocycles. The van der Waals surface area contributed by atoms with E-state index < -0.39 is 5.67 Å². The Morgan fingerprint density at radius 2 is 2.43 bits per heavy atom. The summed E-state index contributed by atoms with van der Waals surface area (Å²) in [6, 6.07) is 1.99. The largest absolute Gasteiger partial charge is 0.316 e. The van der Waals surface area contributed by atoms with Crippen LogP contribution in [-0.2, 0) is 5.67 Å². The van der Waals surface area contributed by atoms with Crippen molar-refractivity contribution in [3.8, 4) is 0 Å². The predicted molar refractivity (Wildman–Crippen MR) is 58.5 cm³/mol. The zero-order valence-corrected chi connectivity index (χ0v) is 9.46. The molecule has 1 fully saturated rings. The number of halogens is 1. The highest BCUT2D eigenvalue weighted by atomic mass is 32.1. The second-order valence-electron chi connectivity index (χ2n) is 4.16. The molecule has 0 aromatic carbocycles. The van der Waals surface area contributed by atoms with Crippen LogP contribution in [0.1, 0.15) is 23.8 Å². The topological polar surface area (TPSA) is 12.0 Å². The molecule has 14 heavy (non-hydrogen) atoms. The average Bonchev–Trinajstić information content (AvgIpc) is 2.58. The first kappa shape index (κ1) is 10.1.